The van der Waals surface area contributed by atoms with Gasteiger partial charge < -0.3 is 15.0 Å². The van der Waals surface area contributed by atoms with Gasteiger partial charge in [-0.1, -0.05) is 0 Å². The fourth-order valence-corrected chi connectivity index (χ4v) is 1.29. The summed E-state index contributed by atoms with van der Waals surface area (Å²) < 4.78 is 4.50. The number of nitrogens with zero attached hydrogens (tertiary/aromatic N) is 3. The monoisotopic (exact) mass is 252 g/mol. The molecule has 1 heterocycles. The molecule has 98 valence electrons. The molecule has 0 radical (unpaired) electrons. The minimum absolute atomic E-state index is 0.0751. The molecule has 1 amide bonds. The topological polar surface area (TPSA) is 84.4 Å². The van der Waals surface area contributed by atoms with Crippen LogP contribution in [0.2, 0.25) is 0 Å². The third kappa shape index (κ3) is 3.41. The van der Waals surface area contributed by atoms with Crippen LogP contribution < -0.4 is 5.32 Å². The molecule has 1 aromatic rings. The first-order valence-corrected chi connectivity index (χ1v) is 5.35. The van der Waals surface area contributed by atoms with Crippen molar-refractivity contribution in [1.29, 1.82) is 0 Å². The first-order chi connectivity index (χ1) is 8.45. The number of nitrogens with one attached hydrogen (secondary N) is 1. The lowest BCUT2D eigenvalue weighted by atomic mass is 10.3. The van der Waals surface area contributed by atoms with Crippen molar-refractivity contribution in [2.45, 2.75) is 13.0 Å². The zero-order valence-corrected chi connectivity index (χ0v) is 10.8. The molecule has 0 aliphatic rings. The first kappa shape index (κ1) is 13.9. The smallest absolute Gasteiger partial charge is 0.358 e. The van der Waals surface area contributed by atoms with E-state index in [0.717, 1.165) is 0 Å². The van der Waals surface area contributed by atoms with E-state index in [4.69, 9.17) is 0 Å². The Balaban J connectivity index is 2.69. The maximum Gasteiger partial charge on any atom is 0.358 e. The molecule has 1 N–H and O–H groups in total. The molecule has 0 aliphatic carbocycles. The van der Waals surface area contributed by atoms with Gasteiger partial charge in [-0.25, -0.2) is 4.79 Å². The lowest BCUT2D eigenvalue weighted by Gasteiger charge is -2.18. The normalized spacial score (nSPS) is 11.6. The SMILES string of the molecule is COC(=O)c1ccc(N[C@@H](C)C(=O)N(C)C)nn1. The van der Waals surface area contributed by atoms with Gasteiger partial charge in [0.25, 0.3) is 0 Å². The van der Waals surface area contributed by atoms with E-state index in [0.29, 0.717) is 5.82 Å². The zero-order valence-electron chi connectivity index (χ0n) is 10.8. The van der Waals surface area contributed by atoms with Crippen molar-refractivity contribution in [3.63, 3.8) is 0 Å². The summed E-state index contributed by atoms with van der Waals surface area (Å²) in [5.74, 6) is -0.203. The van der Waals surface area contributed by atoms with Gasteiger partial charge >= 0.3 is 5.97 Å². The second kappa shape index (κ2) is 5.95. The number of hydrogen-bond acceptors (Lipinski definition) is 6. The van der Waals surface area contributed by atoms with Crippen LogP contribution in [0.15, 0.2) is 12.1 Å². The van der Waals surface area contributed by atoms with Crippen LogP contribution in [-0.2, 0) is 9.53 Å². The molecule has 0 aromatic carbocycles. The molecule has 0 fully saturated rings. The van der Waals surface area contributed by atoms with Crippen LogP contribution in [0, 0.1) is 0 Å². The molecule has 1 aromatic heterocycles. The van der Waals surface area contributed by atoms with Crippen LogP contribution >= 0.6 is 0 Å². The number of anilines is 1. The van der Waals surface area contributed by atoms with E-state index in [1.807, 2.05) is 0 Å². The van der Waals surface area contributed by atoms with Crippen molar-refractivity contribution in [1.82, 2.24) is 15.1 Å². The Morgan fingerprint density at radius 2 is 2.00 bits per heavy atom. The maximum atomic E-state index is 11.6. The highest BCUT2D eigenvalue weighted by Gasteiger charge is 2.15. The van der Waals surface area contributed by atoms with Gasteiger partial charge in [0.1, 0.15) is 11.9 Å². The number of likely N-dealkylation sites (N-methyl/N-ethyl adjacent to an activating group) is 1. The highest BCUT2D eigenvalue weighted by molar-refractivity contribution is 5.87. The Labute approximate surface area is 105 Å². The molecular formula is C11H16N4O3. The Morgan fingerprint density at radius 3 is 2.44 bits per heavy atom. The summed E-state index contributed by atoms with van der Waals surface area (Å²) in [6.07, 6.45) is 0. The molecule has 7 heteroatoms. The van der Waals surface area contributed by atoms with E-state index in [1.54, 1.807) is 27.1 Å². The van der Waals surface area contributed by atoms with Crippen LogP contribution in [0.4, 0.5) is 5.82 Å². The molecule has 18 heavy (non-hydrogen) atoms. The number of rotatable bonds is 4. The average molecular weight is 252 g/mol. The molecule has 7 nitrogen and oxygen atoms in total. The largest absolute Gasteiger partial charge is 0.464 e. The molecule has 0 spiro atoms. The summed E-state index contributed by atoms with van der Waals surface area (Å²) in [4.78, 5) is 24.2. The third-order valence-corrected chi connectivity index (χ3v) is 2.23. The predicted molar refractivity (Wildman–Crippen MR) is 65.2 cm³/mol. The van der Waals surface area contributed by atoms with Crippen molar-refractivity contribution in [3.05, 3.63) is 17.8 Å². The van der Waals surface area contributed by atoms with Gasteiger partial charge in [-0.15, -0.1) is 10.2 Å². The van der Waals surface area contributed by atoms with E-state index < -0.39 is 12.0 Å². The van der Waals surface area contributed by atoms with Crippen LogP contribution in [0.1, 0.15) is 17.4 Å². The molecule has 0 unspecified atom stereocenters. The number of carbonyl (C=O) groups excluding carboxylic acids is 2. The summed E-state index contributed by atoms with van der Waals surface area (Å²) in [6.45, 7) is 1.72. The predicted octanol–water partition coefficient (Wildman–Crippen LogP) is 0.152. The Bertz CT molecular complexity index is 430. The molecule has 1 atom stereocenters. The van der Waals surface area contributed by atoms with E-state index >= 15 is 0 Å². The fourth-order valence-electron chi connectivity index (χ4n) is 1.29. The standard InChI is InChI=1S/C11H16N4O3/c1-7(10(16)15(2)3)12-9-6-5-8(13-14-9)11(17)18-4/h5-7H,1-4H3,(H,12,14)/t7-/m0/s1. The number of esters is 1. The second-order valence-corrected chi connectivity index (χ2v) is 3.89. The molecule has 0 aliphatic heterocycles. The van der Waals surface area contributed by atoms with Gasteiger partial charge in [-0.05, 0) is 19.1 Å². The van der Waals surface area contributed by atoms with Gasteiger partial charge in [0, 0.05) is 14.1 Å². The van der Waals surface area contributed by atoms with E-state index in [9.17, 15) is 9.59 Å². The molecule has 0 bridgehead atoms. The Kier molecular flexibility index (Phi) is 4.59. The first-order valence-electron chi connectivity index (χ1n) is 5.35. The van der Waals surface area contributed by atoms with Crippen molar-refractivity contribution >= 4 is 17.7 Å². The summed E-state index contributed by atoms with van der Waals surface area (Å²) >= 11 is 0. The minimum atomic E-state index is -0.550. The number of carbonyl (C=O) groups is 2. The van der Waals surface area contributed by atoms with Gasteiger partial charge in [-0.3, -0.25) is 4.79 Å². The van der Waals surface area contributed by atoms with Gasteiger partial charge in [-0.2, -0.15) is 0 Å². The lowest BCUT2D eigenvalue weighted by Crippen LogP contribution is -2.36. The van der Waals surface area contributed by atoms with Crippen LogP contribution in [-0.4, -0.2) is 54.2 Å². The summed E-state index contributed by atoms with van der Waals surface area (Å²) in [5.41, 5.74) is 0.120. The molecule has 0 saturated heterocycles. The summed E-state index contributed by atoms with van der Waals surface area (Å²) in [5, 5.41) is 10.4. The lowest BCUT2D eigenvalue weighted by molar-refractivity contribution is -0.129. The van der Waals surface area contributed by atoms with Crippen molar-refractivity contribution in [3.8, 4) is 0 Å². The van der Waals surface area contributed by atoms with Crippen molar-refractivity contribution in [2.24, 2.45) is 0 Å². The number of amides is 1. The Morgan fingerprint density at radius 1 is 1.33 bits per heavy atom. The zero-order chi connectivity index (χ0) is 13.7. The van der Waals surface area contributed by atoms with Crippen LogP contribution in [0.3, 0.4) is 0 Å². The number of hydrogen-bond donors (Lipinski definition) is 1. The highest BCUT2D eigenvalue weighted by Crippen LogP contribution is 2.05. The van der Waals surface area contributed by atoms with Gasteiger partial charge in [0.15, 0.2) is 5.69 Å². The van der Waals surface area contributed by atoms with Crippen molar-refractivity contribution < 1.29 is 14.3 Å². The van der Waals surface area contributed by atoms with E-state index in [-0.39, 0.29) is 11.6 Å². The third-order valence-electron chi connectivity index (χ3n) is 2.23. The number of aromatic nitrogens is 2. The Hall–Kier alpha value is -2.18. The van der Waals surface area contributed by atoms with Gasteiger partial charge in [0.2, 0.25) is 5.91 Å². The minimum Gasteiger partial charge on any atom is -0.464 e. The number of methoxy groups -OCH3 is 1. The van der Waals surface area contributed by atoms with E-state index in [2.05, 4.69) is 20.3 Å². The average Bonchev–Trinajstić information content (AvgIpc) is 2.37. The maximum absolute atomic E-state index is 11.6. The van der Waals surface area contributed by atoms with E-state index in [1.165, 1.54) is 18.1 Å². The van der Waals surface area contributed by atoms with Crippen LogP contribution in [0.25, 0.3) is 0 Å². The fraction of sp³-hybridized carbons (Fsp3) is 0.455. The highest BCUT2D eigenvalue weighted by atomic mass is 16.5. The molecule has 0 saturated carbocycles. The quantitative estimate of drug-likeness (QED) is 0.768. The van der Waals surface area contributed by atoms with Gasteiger partial charge in [0.05, 0.1) is 7.11 Å². The second-order valence-electron chi connectivity index (χ2n) is 3.89. The van der Waals surface area contributed by atoms with Crippen molar-refractivity contribution in [2.75, 3.05) is 26.5 Å². The van der Waals surface area contributed by atoms with Crippen LogP contribution in [0.5, 0.6) is 0 Å². The molecule has 1 rings (SSSR count). The summed E-state index contributed by atoms with van der Waals surface area (Å²) in [6, 6.07) is 2.63. The summed E-state index contributed by atoms with van der Waals surface area (Å²) in [7, 11) is 4.62. The molecular weight excluding hydrogens is 236 g/mol. The number of ether oxygens (including phenoxy) is 1.